The van der Waals surface area contributed by atoms with Gasteiger partial charge in [-0.2, -0.15) is 0 Å². The van der Waals surface area contributed by atoms with Gasteiger partial charge in [-0.15, -0.1) is 0 Å². The van der Waals surface area contributed by atoms with Crippen molar-refractivity contribution in [2.24, 2.45) is 11.8 Å². The van der Waals surface area contributed by atoms with Gasteiger partial charge >= 0.3 is 0 Å². The summed E-state index contributed by atoms with van der Waals surface area (Å²) in [4.78, 5) is 11.6. The summed E-state index contributed by atoms with van der Waals surface area (Å²) in [6, 6.07) is 0. The molecular weight excluding hydrogens is 219 g/mol. The van der Waals surface area contributed by atoms with E-state index in [1.165, 1.54) is 18.5 Å². The number of carbonyl (C=O) groups is 1. The third kappa shape index (κ3) is 3.08. The smallest absolute Gasteiger partial charge is 0.245 e. The second kappa shape index (κ2) is 5.34. The van der Waals surface area contributed by atoms with E-state index in [0.717, 1.165) is 0 Å². The molecule has 0 aliphatic heterocycles. The van der Waals surface area contributed by atoms with E-state index in [9.17, 15) is 9.18 Å². The summed E-state index contributed by atoms with van der Waals surface area (Å²) in [5.41, 5.74) is -0.756. The minimum Gasteiger partial charge on any atom is -0.368 e. The zero-order chi connectivity index (χ0) is 13.1. The summed E-state index contributed by atoms with van der Waals surface area (Å²) in [7, 11) is 0. The lowest BCUT2D eigenvalue weighted by molar-refractivity contribution is -0.118. The number of nitrogens with one attached hydrogen (secondary N) is 2. The number of hydrogen-bond acceptors (Lipinski definition) is 2. The molecule has 0 radical (unpaired) electrons. The molecule has 1 fully saturated rings. The highest BCUT2D eigenvalue weighted by Gasteiger charge is 2.48. The SMILES string of the molecule is C=CN/C=C\C(=O)NC1(C)CC(C)C(C)[C@@H]1F. The average Bonchev–Trinajstić information content (AvgIpc) is 2.43. The third-order valence-electron chi connectivity index (χ3n) is 3.57. The van der Waals surface area contributed by atoms with E-state index in [4.69, 9.17) is 0 Å². The molecular formula is C13H21FN2O. The Bertz CT molecular complexity index is 329. The number of hydrogen-bond donors (Lipinski definition) is 2. The van der Waals surface area contributed by atoms with Crippen LogP contribution in [-0.4, -0.2) is 17.6 Å². The zero-order valence-corrected chi connectivity index (χ0v) is 10.7. The van der Waals surface area contributed by atoms with Crippen LogP contribution in [0.4, 0.5) is 4.39 Å². The normalized spacial score (nSPS) is 37.1. The van der Waals surface area contributed by atoms with Crippen molar-refractivity contribution in [3.8, 4) is 0 Å². The van der Waals surface area contributed by atoms with Gasteiger partial charge in [0.25, 0.3) is 0 Å². The second-order valence-electron chi connectivity index (χ2n) is 5.05. The summed E-state index contributed by atoms with van der Waals surface area (Å²) in [6.07, 6.45) is 3.95. The quantitative estimate of drug-likeness (QED) is 0.739. The van der Waals surface area contributed by atoms with E-state index >= 15 is 0 Å². The molecule has 0 spiro atoms. The number of carbonyl (C=O) groups excluding carboxylic acids is 1. The maximum atomic E-state index is 14.1. The van der Waals surface area contributed by atoms with E-state index in [-0.39, 0.29) is 17.7 Å². The molecule has 96 valence electrons. The summed E-state index contributed by atoms with van der Waals surface area (Å²) in [5.74, 6) is -0.0213. The molecule has 0 aromatic rings. The van der Waals surface area contributed by atoms with Crippen LogP contribution in [0.1, 0.15) is 27.2 Å². The molecule has 17 heavy (non-hydrogen) atoms. The van der Waals surface area contributed by atoms with Crippen molar-refractivity contribution in [1.82, 2.24) is 10.6 Å². The average molecular weight is 240 g/mol. The van der Waals surface area contributed by atoms with Crippen LogP contribution in [0.25, 0.3) is 0 Å². The van der Waals surface area contributed by atoms with Crippen molar-refractivity contribution in [3.63, 3.8) is 0 Å². The molecule has 0 heterocycles. The lowest BCUT2D eigenvalue weighted by atomic mass is 9.96. The topological polar surface area (TPSA) is 41.1 Å². The van der Waals surface area contributed by atoms with Crippen molar-refractivity contribution in [3.05, 3.63) is 25.1 Å². The van der Waals surface area contributed by atoms with Gasteiger partial charge in [-0.05, 0) is 31.4 Å². The molecule has 3 nitrogen and oxygen atoms in total. The number of alkyl halides is 1. The molecule has 1 rings (SSSR count). The van der Waals surface area contributed by atoms with Gasteiger partial charge in [-0.1, -0.05) is 20.4 Å². The number of halogens is 1. The van der Waals surface area contributed by atoms with Crippen LogP contribution in [0.2, 0.25) is 0 Å². The fourth-order valence-electron chi connectivity index (χ4n) is 2.47. The van der Waals surface area contributed by atoms with Gasteiger partial charge in [0.15, 0.2) is 0 Å². The molecule has 0 aromatic heterocycles. The van der Waals surface area contributed by atoms with E-state index < -0.39 is 11.7 Å². The first kappa shape index (κ1) is 13.7. The van der Waals surface area contributed by atoms with Crippen molar-refractivity contribution in [2.75, 3.05) is 0 Å². The maximum Gasteiger partial charge on any atom is 0.245 e. The predicted molar refractivity (Wildman–Crippen MR) is 66.9 cm³/mol. The van der Waals surface area contributed by atoms with E-state index in [0.29, 0.717) is 6.42 Å². The summed E-state index contributed by atoms with van der Waals surface area (Å²) in [5, 5.41) is 5.42. The van der Waals surface area contributed by atoms with Gasteiger partial charge in [-0.3, -0.25) is 4.79 Å². The fraction of sp³-hybridized carbons (Fsp3) is 0.615. The van der Waals surface area contributed by atoms with Crippen LogP contribution in [0.5, 0.6) is 0 Å². The molecule has 0 saturated heterocycles. The van der Waals surface area contributed by atoms with Crippen LogP contribution in [0.3, 0.4) is 0 Å². The summed E-state index contributed by atoms with van der Waals surface area (Å²) < 4.78 is 14.1. The van der Waals surface area contributed by atoms with Gasteiger partial charge in [0, 0.05) is 12.3 Å². The van der Waals surface area contributed by atoms with Gasteiger partial charge in [0.05, 0.1) is 5.54 Å². The Morgan fingerprint density at radius 3 is 2.65 bits per heavy atom. The summed E-state index contributed by atoms with van der Waals surface area (Å²) in [6.45, 7) is 9.13. The standard InChI is InChI=1S/C13H21FN2O/c1-5-15-7-6-11(17)16-13(4)8-9(2)10(3)12(13)14/h5-7,9-10,12,15H,1,8H2,2-4H3,(H,16,17)/b7-6-/t9?,10?,12-,13?/m0/s1. The van der Waals surface area contributed by atoms with Gasteiger partial charge in [0.2, 0.25) is 5.91 Å². The molecule has 4 heteroatoms. The van der Waals surface area contributed by atoms with Crippen LogP contribution < -0.4 is 10.6 Å². The van der Waals surface area contributed by atoms with E-state index in [1.807, 2.05) is 13.8 Å². The number of rotatable bonds is 4. The largest absolute Gasteiger partial charge is 0.368 e. The third-order valence-corrected chi connectivity index (χ3v) is 3.57. The zero-order valence-electron chi connectivity index (χ0n) is 10.7. The van der Waals surface area contributed by atoms with Crippen LogP contribution in [0, 0.1) is 11.8 Å². The second-order valence-corrected chi connectivity index (χ2v) is 5.05. The van der Waals surface area contributed by atoms with Gasteiger partial charge in [-0.25, -0.2) is 4.39 Å². The van der Waals surface area contributed by atoms with Crippen LogP contribution in [-0.2, 0) is 4.79 Å². The Balaban J connectivity index is 2.61. The highest BCUT2D eigenvalue weighted by molar-refractivity contribution is 5.88. The Morgan fingerprint density at radius 2 is 2.18 bits per heavy atom. The van der Waals surface area contributed by atoms with Crippen LogP contribution in [0.15, 0.2) is 25.1 Å². The molecule has 0 bridgehead atoms. The Hall–Kier alpha value is -1.32. The van der Waals surface area contributed by atoms with Crippen molar-refractivity contribution in [1.29, 1.82) is 0 Å². The lowest BCUT2D eigenvalue weighted by Crippen LogP contribution is -2.50. The van der Waals surface area contributed by atoms with Crippen molar-refractivity contribution in [2.45, 2.75) is 38.9 Å². The van der Waals surface area contributed by atoms with Crippen LogP contribution >= 0.6 is 0 Å². The Kier molecular flexibility index (Phi) is 4.32. The van der Waals surface area contributed by atoms with Crippen molar-refractivity contribution >= 4 is 5.91 Å². The maximum absolute atomic E-state index is 14.1. The van der Waals surface area contributed by atoms with Gasteiger partial charge in [0.1, 0.15) is 6.17 Å². The minimum absolute atomic E-state index is 0.0180. The fourth-order valence-corrected chi connectivity index (χ4v) is 2.47. The first-order chi connectivity index (χ1) is 7.90. The Morgan fingerprint density at radius 1 is 1.53 bits per heavy atom. The predicted octanol–water partition coefficient (Wildman–Crippen LogP) is 2.12. The monoisotopic (exact) mass is 240 g/mol. The van der Waals surface area contributed by atoms with Crippen molar-refractivity contribution < 1.29 is 9.18 Å². The van der Waals surface area contributed by atoms with E-state index in [2.05, 4.69) is 17.2 Å². The Labute approximate surface area is 102 Å². The molecule has 1 amide bonds. The minimum atomic E-state index is -0.998. The molecule has 1 saturated carbocycles. The number of amides is 1. The highest BCUT2D eigenvalue weighted by atomic mass is 19.1. The first-order valence-corrected chi connectivity index (χ1v) is 5.90. The lowest BCUT2D eigenvalue weighted by Gasteiger charge is -2.28. The highest BCUT2D eigenvalue weighted by Crippen LogP contribution is 2.41. The molecule has 3 unspecified atom stereocenters. The summed E-state index contributed by atoms with van der Waals surface area (Å²) >= 11 is 0. The van der Waals surface area contributed by atoms with Gasteiger partial charge < -0.3 is 10.6 Å². The molecule has 1 aliphatic rings. The first-order valence-electron chi connectivity index (χ1n) is 5.90. The molecule has 0 aromatic carbocycles. The molecule has 2 N–H and O–H groups in total. The molecule has 4 atom stereocenters. The molecule has 1 aliphatic carbocycles. The van der Waals surface area contributed by atoms with E-state index in [1.54, 1.807) is 6.92 Å².